The summed E-state index contributed by atoms with van der Waals surface area (Å²) in [7, 11) is 1.56. The highest BCUT2D eigenvalue weighted by molar-refractivity contribution is 6.31. The number of carbonyl (C=O) groups excluding carboxylic acids is 1. The van der Waals surface area contributed by atoms with Crippen LogP contribution in [0.4, 0.5) is 5.69 Å². The van der Waals surface area contributed by atoms with E-state index in [2.05, 4.69) is 0 Å². The molecule has 0 saturated heterocycles. The summed E-state index contributed by atoms with van der Waals surface area (Å²) >= 11 is 6.16. The van der Waals surface area contributed by atoms with Crippen molar-refractivity contribution >= 4 is 34.2 Å². The number of halogens is 1. The van der Waals surface area contributed by atoms with Gasteiger partial charge in [-0.25, -0.2) is 0 Å². The van der Waals surface area contributed by atoms with Gasteiger partial charge in [-0.05, 0) is 54.4 Å². The number of hydrogen-bond acceptors (Lipinski definition) is 5. The molecule has 1 atom stereocenters. The van der Waals surface area contributed by atoms with Crippen LogP contribution in [-0.4, -0.2) is 19.6 Å². The lowest BCUT2D eigenvalue weighted by atomic mass is 9.98. The maximum absolute atomic E-state index is 13.7. The summed E-state index contributed by atoms with van der Waals surface area (Å²) in [6.45, 7) is 2.59. The van der Waals surface area contributed by atoms with Crippen LogP contribution >= 0.6 is 11.6 Å². The Balaban J connectivity index is 1.76. The third-order valence-electron chi connectivity index (χ3n) is 5.81. The highest BCUT2D eigenvalue weighted by Crippen LogP contribution is 2.42. The van der Waals surface area contributed by atoms with Gasteiger partial charge >= 0.3 is 0 Å². The minimum absolute atomic E-state index is 0.0209. The summed E-state index contributed by atoms with van der Waals surface area (Å²) < 4.78 is 17.2. The number of fused-ring (bicyclic) bond motifs is 2. The topological polar surface area (TPSA) is 69.0 Å². The molecule has 172 valence electrons. The normalized spacial score (nSPS) is 15.0. The molecule has 4 aromatic rings. The largest absolute Gasteiger partial charge is 0.497 e. The van der Waals surface area contributed by atoms with Crippen LogP contribution in [0.1, 0.15) is 41.1 Å². The van der Waals surface area contributed by atoms with Crippen molar-refractivity contribution in [2.45, 2.75) is 19.4 Å². The molecule has 0 fully saturated rings. The van der Waals surface area contributed by atoms with E-state index in [-0.39, 0.29) is 16.8 Å². The zero-order valence-corrected chi connectivity index (χ0v) is 19.5. The molecule has 0 radical (unpaired) electrons. The average molecular weight is 476 g/mol. The number of benzene rings is 3. The fourth-order valence-electron chi connectivity index (χ4n) is 4.28. The third-order valence-corrected chi connectivity index (χ3v) is 6.05. The second-order valence-corrected chi connectivity index (χ2v) is 8.45. The van der Waals surface area contributed by atoms with Crippen molar-refractivity contribution in [2.75, 3.05) is 18.6 Å². The molecule has 7 heteroatoms. The first-order valence-corrected chi connectivity index (χ1v) is 11.4. The first kappa shape index (κ1) is 22.0. The predicted molar refractivity (Wildman–Crippen MR) is 131 cm³/mol. The monoisotopic (exact) mass is 475 g/mol. The average Bonchev–Trinajstić information content (AvgIpc) is 3.16. The van der Waals surface area contributed by atoms with E-state index in [9.17, 15) is 9.59 Å². The minimum Gasteiger partial charge on any atom is -0.497 e. The summed E-state index contributed by atoms with van der Waals surface area (Å²) in [6.07, 6.45) is 0.862. The molecular formula is C27H22ClNO5. The Labute approximate surface area is 201 Å². The van der Waals surface area contributed by atoms with E-state index in [4.69, 9.17) is 25.5 Å². The lowest BCUT2D eigenvalue weighted by Crippen LogP contribution is -2.29. The zero-order chi connectivity index (χ0) is 23.8. The summed E-state index contributed by atoms with van der Waals surface area (Å²) in [5.74, 6) is 0.880. The van der Waals surface area contributed by atoms with Crippen molar-refractivity contribution in [3.05, 3.63) is 98.9 Å². The number of hydrogen-bond donors (Lipinski definition) is 0. The van der Waals surface area contributed by atoms with Crippen molar-refractivity contribution < 1.29 is 18.7 Å². The van der Waals surface area contributed by atoms with Crippen LogP contribution in [0.2, 0.25) is 5.02 Å². The van der Waals surface area contributed by atoms with Crippen LogP contribution < -0.4 is 19.8 Å². The van der Waals surface area contributed by atoms with Crippen LogP contribution in [0.5, 0.6) is 11.5 Å². The zero-order valence-electron chi connectivity index (χ0n) is 18.7. The number of methoxy groups -OCH3 is 1. The molecule has 0 spiro atoms. The van der Waals surface area contributed by atoms with Crippen LogP contribution in [0.3, 0.4) is 0 Å². The Hall–Kier alpha value is -3.77. The van der Waals surface area contributed by atoms with Crippen LogP contribution in [0, 0.1) is 0 Å². The van der Waals surface area contributed by atoms with Gasteiger partial charge in [0.25, 0.3) is 5.91 Å². The lowest BCUT2D eigenvalue weighted by molar-refractivity contribution is 0.0971. The molecular weight excluding hydrogens is 454 g/mol. The van der Waals surface area contributed by atoms with E-state index in [1.165, 1.54) is 0 Å². The Morgan fingerprint density at radius 3 is 2.59 bits per heavy atom. The van der Waals surface area contributed by atoms with Gasteiger partial charge in [-0.1, -0.05) is 36.7 Å². The summed E-state index contributed by atoms with van der Waals surface area (Å²) in [4.78, 5) is 29.0. The highest BCUT2D eigenvalue weighted by atomic mass is 35.5. The van der Waals surface area contributed by atoms with Crippen molar-refractivity contribution in [3.8, 4) is 11.5 Å². The maximum Gasteiger partial charge on any atom is 0.295 e. The summed E-state index contributed by atoms with van der Waals surface area (Å²) in [6, 6.07) is 18.7. The molecule has 1 amide bonds. The fourth-order valence-corrected chi connectivity index (χ4v) is 4.45. The highest BCUT2D eigenvalue weighted by Gasteiger charge is 2.43. The molecule has 6 nitrogen and oxygen atoms in total. The number of ether oxygens (including phenoxy) is 2. The SMILES string of the molecule is CCCOc1cccc(C2c3c(oc4ccc(Cl)cc4c3=O)C(=O)N2c2cccc(OC)c2)c1. The molecule has 5 rings (SSSR count). The first-order chi connectivity index (χ1) is 16.5. The van der Waals surface area contributed by atoms with Gasteiger partial charge in [0.1, 0.15) is 17.1 Å². The second kappa shape index (κ2) is 8.88. The second-order valence-electron chi connectivity index (χ2n) is 8.01. The number of nitrogens with zero attached hydrogens (tertiary/aromatic N) is 1. The first-order valence-electron chi connectivity index (χ1n) is 11.0. The molecule has 34 heavy (non-hydrogen) atoms. The molecule has 1 unspecified atom stereocenters. The molecule has 0 saturated carbocycles. The van der Waals surface area contributed by atoms with Crippen LogP contribution in [0.25, 0.3) is 11.0 Å². The van der Waals surface area contributed by atoms with E-state index in [1.807, 2.05) is 31.2 Å². The van der Waals surface area contributed by atoms with Gasteiger partial charge in [0.05, 0.1) is 30.7 Å². The molecule has 0 N–H and O–H groups in total. The Kier molecular flexibility index (Phi) is 5.75. The van der Waals surface area contributed by atoms with E-state index in [0.29, 0.717) is 39.8 Å². The van der Waals surface area contributed by atoms with Gasteiger partial charge in [0, 0.05) is 16.8 Å². The summed E-state index contributed by atoms with van der Waals surface area (Å²) in [5.41, 5.74) is 1.62. The lowest BCUT2D eigenvalue weighted by Gasteiger charge is -2.26. The van der Waals surface area contributed by atoms with Gasteiger partial charge in [0.15, 0.2) is 5.43 Å². The van der Waals surface area contributed by atoms with Gasteiger partial charge in [-0.3, -0.25) is 14.5 Å². The minimum atomic E-state index is -0.709. The van der Waals surface area contributed by atoms with E-state index in [1.54, 1.807) is 54.5 Å². The number of carbonyl (C=O) groups is 1. The van der Waals surface area contributed by atoms with Crippen molar-refractivity contribution in [1.82, 2.24) is 0 Å². The number of amides is 1. The van der Waals surface area contributed by atoms with E-state index in [0.717, 1.165) is 12.0 Å². The third kappa shape index (κ3) is 3.70. The standard InChI is InChI=1S/C27H22ClNO5/c1-3-12-33-20-9-4-6-16(13-20)24-23-25(30)21-14-17(28)10-11-22(21)34-26(23)27(31)29(24)18-7-5-8-19(15-18)32-2/h4-11,13-15,24H,3,12H2,1-2H3. The maximum atomic E-state index is 13.7. The number of rotatable bonds is 6. The van der Waals surface area contributed by atoms with Gasteiger partial charge in [0.2, 0.25) is 5.76 Å². The van der Waals surface area contributed by atoms with Crippen LogP contribution in [0.15, 0.2) is 75.9 Å². The molecule has 1 aliphatic heterocycles. The smallest absolute Gasteiger partial charge is 0.295 e. The van der Waals surface area contributed by atoms with E-state index < -0.39 is 11.9 Å². The molecule has 0 aliphatic carbocycles. The van der Waals surface area contributed by atoms with Crippen molar-refractivity contribution in [1.29, 1.82) is 0 Å². The molecule has 0 bridgehead atoms. The predicted octanol–water partition coefficient (Wildman–Crippen LogP) is 5.99. The molecule has 2 heterocycles. The fraction of sp³-hybridized carbons (Fsp3) is 0.185. The molecule has 1 aliphatic rings. The quantitative estimate of drug-likeness (QED) is 0.342. The number of anilines is 1. The van der Waals surface area contributed by atoms with Crippen molar-refractivity contribution in [3.63, 3.8) is 0 Å². The summed E-state index contributed by atoms with van der Waals surface area (Å²) in [5, 5.41) is 0.746. The van der Waals surface area contributed by atoms with Gasteiger partial charge in [-0.2, -0.15) is 0 Å². The van der Waals surface area contributed by atoms with Gasteiger partial charge in [-0.15, -0.1) is 0 Å². The Morgan fingerprint density at radius 2 is 1.79 bits per heavy atom. The van der Waals surface area contributed by atoms with Gasteiger partial charge < -0.3 is 13.9 Å². The molecule has 1 aromatic heterocycles. The molecule has 3 aromatic carbocycles. The van der Waals surface area contributed by atoms with Crippen molar-refractivity contribution in [2.24, 2.45) is 0 Å². The van der Waals surface area contributed by atoms with E-state index >= 15 is 0 Å². The Morgan fingerprint density at radius 1 is 1.00 bits per heavy atom. The van der Waals surface area contributed by atoms with Crippen LogP contribution in [-0.2, 0) is 0 Å². The Bertz CT molecular complexity index is 1460.